The Labute approximate surface area is 137 Å². The smallest absolute Gasteiger partial charge is 0.242 e. The number of amides is 1. The maximum absolute atomic E-state index is 12.6. The third-order valence-electron chi connectivity index (χ3n) is 4.83. The molecule has 2 aliphatic heterocycles. The number of anilines is 1. The van der Waals surface area contributed by atoms with Gasteiger partial charge in [-0.3, -0.25) is 9.69 Å². The van der Waals surface area contributed by atoms with Crippen molar-refractivity contribution in [2.24, 2.45) is 0 Å². The predicted molar refractivity (Wildman–Crippen MR) is 88.0 cm³/mol. The summed E-state index contributed by atoms with van der Waals surface area (Å²) < 4.78 is 0. The molecule has 3 heterocycles. The van der Waals surface area contributed by atoms with Crippen molar-refractivity contribution >= 4 is 11.7 Å². The summed E-state index contributed by atoms with van der Waals surface area (Å²) in [5.41, 5.74) is 0.530. The standard InChI is InChI=1S/C17H23N5O/c1-20(16-6-5-14(10-18)11-19-16)13-17(23)22-9-8-21-7-3-2-4-15(21)12-22/h5-6,11,15H,2-4,7-9,12-13H2,1H3/t15-/m1/s1. The van der Waals surface area contributed by atoms with E-state index < -0.39 is 0 Å². The number of hydrogen-bond donors (Lipinski definition) is 0. The van der Waals surface area contributed by atoms with Crippen molar-refractivity contribution in [3.8, 4) is 6.07 Å². The predicted octanol–water partition coefficient (Wildman–Crippen LogP) is 1.09. The Bertz CT molecular complexity index is 594. The fourth-order valence-corrected chi connectivity index (χ4v) is 3.44. The number of carbonyl (C=O) groups is 1. The summed E-state index contributed by atoms with van der Waals surface area (Å²) in [6.45, 7) is 4.18. The highest BCUT2D eigenvalue weighted by atomic mass is 16.2. The highest BCUT2D eigenvalue weighted by Gasteiger charge is 2.31. The molecular formula is C17H23N5O. The first-order valence-corrected chi connectivity index (χ1v) is 8.26. The third-order valence-corrected chi connectivity index (χ3v) is 4.83. The molecule has 122 valence electrons. The minimum atomic E-state index is 0.156. The van der Waals surface area contributed by atoms with Gasteiger partial charge in [0.25, 0.3) is 0 Å². The van der Waals surface area contributed by atoms with Gasteiger partial charge in [-0.2, -0.15) is 5.26 Å². The molecule has 0 unspecified atom stereocenters. The van der Waals surface area contributed by atoms with Crippen LogP contribution in [0.4, 0.5) is 5.82 Å². The second-order valence-electron chi connectivity index (χ2n) is 6.40. The fraction of sp³-hybridized carbons (Fsp3) is 0.588. The van der Waals surface area contributed by atoms with E-state index in [1.165, 1.54) is 32.0 Å². The molecule has 0 aliphatic carbocycles. The van der Waals surface area contributed by atoms with Crippen molar-refractivity contribution in [2.75, 3.05) is 44.7 Å². The second-order valence-corrected chi connectivity index (χ2v) is 6.40. The number of aromatic nitrogens is 1. The van der Waals surface area contributed by atoms with Gasteiger partial charge in [0, 0.05) is 38.9 Å². The molecule has 1 aromatic rings. The second kappa shape index (κ2) is 6.97. The number of nitrogens with zero attached hydrogens (tertiary/aromatic N) is 5. The Morgan fingerprint density at radius 3 is 3.00 bits per heavy atom. The fourth-order valence-electron chi connectivity index (χ4n) is 3.44. The molecule has 0 spiro atoms. The molecule has 0 bridgehead atoms. The van der Waals surface area contributed by atoms with Crippen LogP contribution < -0.4 is 4.90 Å². The third kappa shape index (κ3) is 3.62. The maximum atomic E-state index is 12.6. The Morgan fingerprint density at radius 1 is 1.39 bits per heavy atom. The van der Waals surface area contributed by atoms with E-state index in [4.69, 9.17) is 5.26 Å². The van der Waals surface area contributed by atoms with Crippen molar-refractivity contribution in [3.63, 3.8) is 0 Å². The molecule has 2 saturated heterocycles. The topological polar surface area (TPSA) is 63.5 Å². The summed E-state index contributed by atoms with van der Waals surface area (Å²) >= 11 is 0. The molecule has 6 heteroatoms. The molecule has 1 aromatic heterocycles. The van der Waals surface area contributed by atoms with Crippen molar-refractivity contribution in [2.45, 2.75) is 25.3 Å². The first-order valence-electron chi connectivity index (χ1n) is 8.26. The van der Waals surface area contributed by atoms with E-state index in [2.05, 4.69) is 16.0 Å². The first kappa shape index (κ1) is 15.8. The van der Waals surface area contributed by atoms with Gasteiger partial charge in [0.05, 0.1) is 12.1 Å². The molecule has 0 N–H and O–H groups in total. The molecule has 0 radical (unpaired) electrons. The molecule has 6 nitrogen and oxygen atoms in total. The van der Waals surface area contributed by atoms with E-state index in [1.54, 1.807) is 12.1 Å². The number of fused-ring (bicyclic) bond motifs is 1. The molecule has 2 fully saturated rings. The van der Waals surface area contributed by atoms with E-state index in [0.717, 1.165) is 19.6 Å². The van der Waals surface area contributed by atoms with Gasteiger partial charge in [-0.1, -0.05) is 6.42 Å². The van der Waals surface area contributed by atoms with Crippen LogP contribution in [0.3, 0.4) is 0 Å². The lowest BCUT2D eigenvalue weighted by Gasteiger charge is -2.44. The summed E-state index contributed by atoms with van der Waals surface area (Å²) in [5, 5.41) is 8.81. The van der Waals surface area contributed by atoms with Crippen LogP contribution in [-0.4, -0.2) is 66.5 Å². The Morgan fingerprint density at radius 2 is 2.26 bits per heavy atom. The number of hydrogen-bond acceptors (Lipinski definition) is 5. The Balaban J connectivity index is 1.56. The Kier molecular flexibility index (Phi) is 4.77. The average Bonchev–Trinajstić information content (AvgIpc) is 2.61. The van der Waals surface area contributed by atoms with Gasteiger partial charge in [0.15, 0.2) is 0 Å². The number of piperidine rings is 1. The molecule has 2 aliphatic rings. The minimum absolute atomic E-state index is 0.156. The molecular weight excluding hydrogens is 290 g/mol. The first-order chi connectivity index (χ1) is 11.2. The van der Waals surface area contributed by atoms with Crippen LogP contribution in [0.1, 0.15) is 24.8 Å². The van der Waals surface area contributed by atoms with Crippen molar-refractivity contribution in [3.05, 3.63) is 23.9 Å². The van der Waals surface area contributed by atoms with Crippen LogP contribution in [0.5, 0.6) is 0 Å². The van der Waals surface area contributed by atoms with Crippen LogP contribution in [0.25, 0.3) is 0 Å². The van der Waals surface area contributed by atoms with Gasteiger partial charge < -0.3 is 9.80 Å². The summed E-state index contributed by atoms with van der Waals surface area (Å²) in [6.07, 6.45) is 5.31. The molecule has 0 saturated carbocycles. The molecule has 0 aromatic carbocycles. The monoisotopic (exact) mass is 313 g/mol. The van der Waals surface area contributed by atoms with Gasteiger partial charge in [0.1, 0.15) is 11.9 Å². The summed E-state index contributed by atoms with van der Waals surface area (Å²) in [4.78, 5) is 23.2. The lowest BCUT2D eigenvalue weighted by Crippen LogP contribution is -2.57. The van der Waals surface area contributed by atoms with E-state index in [-0.39, 0.29) is 5.91 Å². The molecule has 23 heavy (non-hydrogen) atoms. The normalized spacial score (nSPS) is 21.4. The number of piperazine rings is 1. The zero-order valence-electron chi connectivity index (χ0n) is 13.6. The van der Waals surface area contributed by atoms with Crippen molar-refractivity contribution < 1.29 is 4.79 Å². The average molecular weight is 313 g/mol. The number of nitriles is 1. The van der Waals surface area contributed by atoms with Crippen LogP contribution in [0.2, 0.25) is 0 Å². The number of rotatable bonds is 3. The van der Waals surface area contributed by atoms with Gasteiger partial charge in [-0.15, -0.1) is 0 Å². The zero-order valence-corrected chi connectivity index (χ0v) is 13.6. The van der Waals surface area contributed by atoms with Crippen molar-refractivity contribution in [1.29, 1.82) is 5.26 Å². The summed E-state index contributed by atoms with van der Waals surface area (Å²) in [7, 11) is 1.86. The highest BCUT2D eigenvalue weighted by Crippen LogP contribution is 2.21. The lowest BCUT2D eigenvalue weighted by molar-refractivity contribution is -0.133. The quantitative estimate of drug-likeness (QED) is 0.836. The maximum Gasteiger partial charge on any atom is 0.242 e. The van der Waals surface area contributed by atoms with Gasteiger partial charge >= 0.3 is 0 Å². The van der Waals surface area contributed by atoms with Gasteiger partial charge in [-0.25, -0.2) is 4.98 Å². The number of carbonyl (C=O) groups excluding carboxylic acids is 1. The highest BCUT2D eigenvalue weighted by molar-refractivity contribution is 5.81. The van der Waals surface area contributed by atoms with E-state index >= 15 is 0 Å². The van der Waals surface area contributed by atoms with Crippen LogP contribution in [0.15, 0.2) is 18.3 Å². The molecule has 1 atom stereocenters. The molecule has 3 rings (SSSR count). The van der Waals surface area contributed by atoms with E-state index in [0.29, 0.717) is 24.0 Å². The summed E-state index contributed by atoms with van der Waals surface area (Å²) in [6, 6.07) is 6.10. The van der Waals surface area contributed by atoms with Crippen LogP contribution in [-0.2, 0) is 4.79 Å². The van der Waals surface area contributed by atoms with E-state index in [9.17, 15) is 4.79 Å². The van der Waals surface area contributed by atoms with Gasteiger partial charge in [-0.05, 0) is 31.5 Å². The lowest BCUT2D eigenvalue weighted by atomic mass is 9.99. The van der Waals surface area contributed by atoms with Crippen LogP contribution in [0, 0.1) is 11.3 Å². The van der Waals surface area contributed by atoms with Gasteiger partial charge in [0.2, 0.25) is 5.91 Å². The van der Waals surface area contributed by atoms with E-state index in [1.807, 2.05) is 16.8 Å². The zero-order chi connectivity index (χ0) is 16.2. The number of likely N-dealkylation sites (N-methyl/N-ethyl adjacent to an activating group) is 1. The molecule has 1 amide bonds. The summed E-state index contributed by atoms with van der Waals surface area (Å²) in [5.74, 6) is 0.873. The Hall–Kier alpha value is -2.13. The largest absolute Gasteiger partial charge is 0.350 e. The minimum Gasteiger partial charge on any atom is -0.350 e. The van der Waals surface area contributed by atoms with Crippen molar-refractivity contribution in [1.82, 2.24) is 14.8 Å². The number of pyridine rings is 1. The van der Waals surface area contributed by atoms with Crippen LogP contribution >= 0.6 is 0 Å². The SMILES string of the molecule is CN(CC(=O)N1CCN2CCCC[C@@H]2C1)c1ccc(C#N)cn1.